The molecule has 17 heavy (non-hydrogen) atoms. The highest BCUT2D eigenvalue weighted by Gasteiger charge is 2.34. The fourth-order valence-electron chi connectivity index (χ4n) is 3.61. The predicted octanol–water partition coefficient (Wildman–Crippen LogP) is 1.01. The summed E-state index contributed by atoms with van der Waals surface area (Å²) in [6.45, 7) is 7.76. The lowest BCUT2D eigenvalue weighted by molar-refractivity contribution is 0.123. The number of hydrogen-bond donors (Lipinski definition) is 1. The number of piperidine rings is 1. The van der Waals surface area contributed by atoms with Crippen molar-refractivity contribution in [3.8, 4) is 0 Å². The van der Waals surface area contributed by atoms with E-state index in [1.165, 1.54) is 65.0 Å². The van der Waals surface area contributed by atoms with Gasteiger partial charge in [-0.15, -0.1) is 0 Å². The van der Waals surface area contributed by atoms with E-state index < -0.39 is 0 Å². The molecule has 2 unspecified atom stereocenters. The summed E-state index contributed by atoms with van der Waals surface area (Å²) in [7, 11) is 2.27. The lowest BCUT2D eigenvalue weighted by Gasteiger charge is -2.38. The fourth-order valence-corrected chi connectivity index (χ4v) is 3.61. The van der Waals surface area contributed by atoms with E-state index in [4.69, 9.17) is 0 Å². The van der Waals surface area contributed by atoms with Crippen LogP contribution in [0.15, 0.2) is 0 Å². The van der Waals surface area contributed by atoms with Crippen molar-refractivity contribution in [3.63, 3.8) is 0 Å². The summed E-state index contributed by atoms with van der Waals surface area (Å²) in [6, 6.07) is 0.810. The third-order valence-electron chi connectivity index (χ3n) is 4.72. The van der Waals surface area contributed by atoms with Gasteiger partial charge in [-0.25, -0.2) is 0 Å². The molecule has 3 aliphatic rings. The van der Waals surface area contributed by atoms with Crippen LogP contribution in [0.2, 0.25) is 0 Å². The maximum absolute atomic E-state index is 3.70. The highest BCUT2D eigenvalue weighted by Crippen LogP contribution is 2.33. The van der Waals surface area contributed by atoms with Crippen molar-refractivity contribution in [1.29, 1.82) is 0 Å². The van der Waals surface area contributed by atoms with Crippen molar-refractivity contribution in [2.45, 2.75) is 31.7 Å². The monoisotopic (exact) mass is 237 g/mol. The molecule has 0 bridgehead atoms. The number of nitrogens with zero attached hydrogens (tertiary/aromatic N) is 2. The standard InChI is InChI=1S/C14H27N3/c1-16-7-2-3-12(9-16)10-17-8-6-15-14(11-17)13-4-5-13/h12-15H,2-11H2,1H3. The summed E-state index contributed by atoms with van der Waals surface area (Å²) < 4.78 is 0. The van der Waals surface area contributed by atoms with Gasteiger partial charge in [-0.3, -0.25) is 0 Å². The fraction of sp³-hybridized carbons (Fsp3) is 1.00. The van der Waals surface area contributed by atoms with Crippen molar-refractivity contribution in [2.75, 3.05) is 46.3 Å². The second-order valence-electron chi connectivity index (χ2n) is 6.43. The Morgan fingerprint density at radius 3 is 2.76 bits per heavy atom. The first kappa shape index (κ1) is 11.9. The van der Waals surface area contributed by atoms with Crippen LogP contribution in [-0.2, 0) is 0 Å². The summed E-state index contributed by atoms with van der Waals surface area (Å²) in [5.41, 5.74) is 0. The highest BCUT2D eigenvalue weighted by atomic mass is 15.2. The van der Waals surface area contributed by atoms with Crippen LogP contribution < -0.4 is 5.32 Å². The van der Waals surface area contributed by atoms with E-state index in [0.717, 1.165) is 17.9 Å². The Labute approximate surface area is 106 Å². The quantitative estimate of drug-likeness (QED) is 0.790. The van der Waals surface area contributed by atoms with Crippen LogP contribution in [0.25, 0.3) is 0 Å². The Bertz CT molecular complexity index is 252. The largest absolute Gasteiger partial charge is 0.311 e. The number of hydrogen-bond acceptors (Lipinski definition) is 3. The minimum absolute atomic E-state index is 0.810. The van der Waals surface area contributed by atoms with Gasteiger partial charge in [0.1, 0.15) is 0 Å². The lowest BCUT2D eigenvalue weighted by Crippen LogP contribution is -2.53. The van der Waals surface area contributed by atoms with E-state index in [1.807, 2.05) is 0 Å². The van der Waals surface area contributed by atoms with Crippen molar-refractivity contribution >= 4 is 0 Å². The Balaban J connectivity index is 1.46. The molecule has 1 saturated carbocycles. The van der Waals surface area contributed by atoms with Crippen LogP contribution in [-0.4, -0.2) is 62.2 Å². The summed E-state index contributed by atoms with van der Waals surface area (Å²) in [6.07, 6.45) is 5.79. The van der Waals surface area contributed by atoms with Crippen molar-refractivity contribution in [3.05, 3.63) is 0 Å². The van der Waals surface area contributed by atoms with E-state index >= 15 is 0 Å². The van der Waals surface area contributed by atoms with Gasteiger partial charge in [0.2, 0.25) is 0 Å². The van der Waals surface area contributed by atoms with Gasteiger partial charge in [0.25, 0.3) is 0 Å². The molecule has 2 atom stereocenters. The maximum atomic E-state index is 3.70. The number of piperazine rings is 1. The molecular weight excluding hydrogens is 210 g/mol. The van der Waals surface area contributed by atoms with Crippen LogP contribution in [0.3, 0.4) is 0 Å². The summed E-state index contributed by atoms with van der Waals surface area (Å²) in [5.74, 6) is 1.93. The summed E-state index contributed by atoms with van der Waals surface area (Å²) in [4.78, 5) is 5.23. The summed E-state index contributed by atoms with van der Waals surface area (Å²) >= 11 is 0. The number of rotatable bonds is 3. The second kappa shape index (κ2) is 5.25. The van der Waals surface area contributed by atoms with Gasteiger partial charge < -0.3 is 15.1 Å². The minimum atomic E-state index is 0.810. The van der Waals surface area contributed by atoms with Gasteiger partial charge in [-0.2, -0.15) is 0 Å². The zero-order valence-corrected chi connectivity index (χ0v) is 11.2. The van der Waals surface area contributed by atoms with E-state index in [9.17, 15) is 0 Å². The topological polar surface area (TPSA) is 18.5 Å². The smallest absolute Gasteiger partial charge is 0.0223 e. The molecule has 0 aromatic rings. The SMILES string of the molecule is CN1CCCC(CN2CCNC(C3CC3)C2)C1. The molecule has 3 heteroatoms. The molecular formula is C14H27N3. The van der Waals surface area contributed by atoms with Gasteiger partial charge in [-0.05, 0) is 51.1 Å². The van der Waals surface area contributed by atoms with Crippen LogP contribution in [0.1, 0.15) is 25.7 Å². The molecule has 0 spiro atoms. The molecule has 2 saturated heterocycles. The predicted molar refractivity (Wildman–Crippen MR) is 71.2 cm³/mol. The average molecular weight is 237 g/mol. The second-order valence-corrected chi connectivity index (χ2v) is 6.43. The summed E-state index contributed by atoms with van der Waals surface area (Å²) in [5, 5.41) is 3.70. The van der Waals surface area contributed by atoms with E-state index in [0.29, 0.717) is 0 Å². The first-order chi connectivity index (χ1) is 8.31. The van der Waals surface area contributed by atoms with Gasteiger partial charge in [0, 0.05) is 38.8 Å². The van der Waals surface area contributed by atoms with Crippen LogP contribution in [0, 0.1) is 11.8 Å². The molecule has 2 heterocycles. The molecule has 0 amide bonds. The van der Waals surface area contributed by atoms with E-state index in [1.54, 1.807) is 0 Å². The van der Waals surface area contributed by atoms with Gasteiger partial charge in [-0.1, -0.05) is 0 Å². The first-order valence-electron chi connectivity index (χ1n) is 7.45. The van der Waals surface area contributed by atoms with Gasteiger partial charge in [0.05, 0.1) is 0 Å². The lowest BCUT2D eigenvalue weighted by atomic mass is 9.97. The van der Waals surface area contributed by atoms with Gasteiger partial charge >= 0.3 is 0 Å². The molecule has 3 fully saturated rings. The highest BCUT2D eigenvalue weighted by molar-refractivity contribution is 4.91. The van der Waals surface area contributed by atoms with Gasteiger partial charge in [0.15, 0.2) is 0 Å². The molecule has 0 aromatic heterocycles. The van der Waals surface area contributed by atoms with Crippen LogP contribution >= 0.6 is 0 Å². The Morgan fingerprint density at radius 2 is 2.00 bits per heavy atom. The van der Waals surface area contributed by atoms with Crippen molar-refractivity contribution in [1.82, 2.24) is 15.1 Å². The molecule has 2 aliphatic heterocycles. The molecule has 1 aliphatic carbocycles. The zero-order chi connectivity index (χ0) is 11.7. The Hall–Kier alpha value is -0.120. The molecule has 0 radical (unpaired) electrons. The van der Waals surface area contributed by atoms with Crippen LogP contribution in [0.5, 0.6) is 0 Å². The van der Waals surface area contributed by atoms with E-state index in [-0.39, 0.29) is 0 Å². The minimum Gasteiger partial charge on any atom is -0.311 e. The van der Waals surface area contributed by atoms with Crippen molar-refractivity contribution in [2.24, 2.45) is 11.8 Å². The third kappa shape index (κ3) is 3.21. The molecule has 98 valence electrons. The first-order valence-corrected chi connectivity index (χ1v) is 7.45. The number of nitrogens with one attached hydrogen (secondary N) is 1. The molecule has 3 nitrogen and oxygen atoms in total. The third-order valence-corrected chi connectivity index (χ3v) is 4.72. The molecule has 1 N–H and O–H groups in total. The Morgan fingerprint density at radius 1 is 1.12 bits per heavy atom. The van der Waals surface area contributed by atoms with Crippen molar-refractivity contribution < 1.29 is 0 Å². The zero-order valence-electron chi connectivity index (χ0n) is 11.2. The van der Waals surface area contributed by atoms with E-state index in [2.05, 4.69) is 22.2 Å². The molecule has 3 rings (SSSR count). The Kier molecular flexibility index (Phi) is 3.69. The average Bonchev–Trinajstić information content (AvgIpc) is 3.13. The number of likely N-dealkylation sites (tertiary alicyclic amines) is 1. The normalized spacial score (nSPS) is 37.2. The van der Waals surface area contributed by atoms with Crippen LogP contribution in [0.4, 0.5) is 0 Å². The molecule has 0 aromatic carbocycles. The maximum Gasteiger partial charge on any atom is 0.0223 e.